The second-order valence-corrected chi connectivity index (χ2v) is 5.19. The first-order valence-corrected chi connectivity index (χ1v) is 6.85. The molecule has 2 rings (SSSR count). The maximum absolute atomic E-state index is 11.8. The van der Waals surface area contributed by atoms with Crippen LogP contribution in [0.4, 0.5) is 0 Å². The van der Waals surface area contributed by atoms with Gasteiger partial charge in [0.1, 0.15) is 5.75 Å². The van der Waals surface area contributed by atoms with Gasteiger partial charge in [-0.25, -0.2) is 5.06 Å². The molecule has 0 unspecified atom stereocenters. The van der Waals surface area contributed by atoms with Crippen molar-refractivity contribution >= 4 is 33.4 Å². The highest BCUT2D eigenvalue weighted by Gasteiger charge is 2.18. The fourth-order valence-corrected chi connectivity index (χ4v) is 2.39. The highest BCUT2D eigenvalue weighted by atomic mass is 79.9. The molecule has 1 aromatic carbocycles. The molecule has 1 amide bonds. The van der Waals surface area contributed by atoms with Crippen LogP contribution in [0.15, 0.2) is 22.7 Å². The number of ether oxygens (including phenoxy) is 1. The number of hydroxylamine groups is 2. The van der Waals surface area contributed by atoms with Crippen molar-refractivity contribution in [1.82, 2.24) is 5.06 Å². The number of benzene rings is 1. The number of nitrogens with zero attached hydrogens (tertiary/aromatic N) is 1. The third-order valence-electron chi connectivity index (χ3n) is 2.53. The number of carbonyl (C=O) groups excluding carboxylic acids is 1. The van der Waals surface area contributed by atoms with Gasteiger partial charge in [-0.15, -0.1) is 0 Å². The predicted molar refractivity (Wildman–Crippen MR) is 71.5 cm³/mol. The Labute approximate surface area is 119 Å². The minimum absolute atomic E-state index is 0.0414. The molecule has 0 bridgehead atoms. The molecule has 98 valence electrons. The zero-order chi connectivity index (χ0) is 13.0. The molecule has 18 heavy (non-hydrogen) atoms. The molecule has 1 aliphatic rings. The van der Waals surface area contributed by atoms with E-state index < -0.39 is 0 Å². The summed E-state index contributed by atoms with van der Waals surface area (Å²) in [7, 11) is 0. The Morgan fingerprint density at radius 1 is 1.50 bits per heavy atom. The molecule has 6 heteroatoms. The van der Waals surface area contributed by atoms with E-state index in [0.29, 0.717) is 23.9 Å². The minimum atomic E-state index is -0.170. The fourth-order valence-electron chi connectivity index (χ4n) is 1.60. The van der Waals surface area contributed by atoms with Gasteiger partial charge in [0.15, 0.2) is 6.61 Å². The molecule has 1 aromatic rings. The van der Waals surface area contributed by atoms with Gasteiger partial charge in [0.05, 0.1) is 11.1 Å². The average Bonchev–Trinajstić information content (AvgIpc) is 2.38. The van der Waals surface area contributed by atoms with Crippen LogP contribution in [0.2, 0.25) is 5.02 Å². The summed E-state index contributed by atoms with van der Waals surface area (Å²) in [6.07, 6.45) is 1.96. The van der Waals surface area contributed by atoms with Crippen molar-refractivity contribution in [3.63, 3.8) is 0 Å². The monoisotopic (exact) mass is 333 g/mol. The maximum atomic E-state index is 11.8. The van der Waals surface area contributed by atoms with Crippen molar-refractivity contribution in [3.8, 4) is 5.75 Å². The van der Waals surface area contributed by atoms with E-state index in [-0.39, 0.29) is 12.5 Å². The van der Waals surface area contributed by atoms with Gasteiger partial charge in [0.25, 0.3) is 5.91 Å². The van der Waals surface area contributed by atoms with Crippen LogP contribution in [0.25, 0.3) is 0 Å². The topological polar surface area (TPSA) is 38.8 Å². The molecule has 1 fully saturated rings. The summed E-state index contributed by atoms with van der Waals surface area (Å²) in [5.74, 6) is 0.418. The van der Waals surface area contributed by atoms with Crippen LogP contribution in [0, 0.1) is 0 Å². The number of amides is 1. The molecule has 1 heterocycles. The van der Waals surface area contributed by atoms with E-state index in [1.165, 1.54) is 5.06 Å². The van der Waals surface area contributed by atoms with Crippen LogP contribution in [0.1, 0.15) is 12.8 Å². The average molecular weight is 335 g/mol. The van der Waals surface area contributed by atoms with E-state index in [0.717, 1.165) is 17.3 Å². The lowest BCUT2D eigenvalue weighted by Crippen LogP contribution is -2.38. The summed E-state index contributed by atoms with van der Waals surface area (Å²) in [4.78, 5) is 17.0. The molecule has 0 saturated carbocycles. The summed E-state index contributed by atoms with van der Waals surface area (Å²) in [6, 6.07) is 5.15. The summed E-state index contributed by atoms with van der Waals surface area (Å²) >= 11 is 9.15. The van der Waals surface area contributed by atoms with Crippen molar-refractivity contribution in [1.29, 1.82) is 0 Å². The molecule has 0 aliphatic carbocycles. The zero-order valence-corrected chi connectivity index (χ0v) is 12.0. The van der Waals surface area contributed by atoms with E-state index in [4.69, 9.17) is 21.2 Å². The van der Waals surface area contributed by atoms with Crippen molar-refractivity contribution in [2.45, 2.75) is 12.8 Å². The molecule has 0 aromatic heterocycles. The van der Waals surface area contributed by atoms with Crippen LogP contribution >= 0.6 is 27.5 Å². The van der Waals surface area contributed by atoms with Crippen LogP contribution in [0.5, 0.6) is 5.75 Å². The first-order chi connectivity index (χ1) is 8.66. The van der Waals surface area contributed by atoms with Crippen LogP contribution in [-0.2, 0) is 9.63 Å². The Kier molecular flexibility index (Phi) is 4.86. The Balaban J connectivity index is 1.88. The maximum Gasteiger partial charge on any atom is 0.283 e. The fraction of sp³-hybridized carbons (Fsp3) is 0.417. The summed E-state index contributed by atoms with van der Waals surface area (Å²) in [6.45, 7) is 1.18. The van der Waals surface area contributed by atoms with E-state index >= 15 is 0 Å². The van der Waals surface area contributed by atoms with E-state index in [9.17, 15) is 4.79 Å². The van der Waals surface area contributed by atoms with Gasteiger partial charge in [-0.3, -0.25) is 9.63 Å². The first-order valence-electron chi connectivity index (χ1n) is 5.68. The quantitative estimate of drug-likeness (QED) is 0.853. The molecule has 0 atom stereocenters. The molecule has 4 nitrogen and oxygen atoms in total. The second-order valence-electron chi connectivity index (χ2n) is 3.90. The second kappa shape index (κ2) is 6.41. The van der Waals surface area contributed by atoms with Gasteiger partial charge in [-0.1, -0.05) is 11.6 Å². The third-order valence-corrected chi connectivity index (χ3v) is 3.38. The van der Waals surface area contributed by atoms with Gasteiger partial charge in [-0.05, 0) is 47.0 Å². The van der Waals surface area contributed by atoms with Gasteiger partial charge >= 0.3 is 0 Å². The summed E-state index contributed by atoms with van der Waals surface area (Å²) < 4.78 is 6.15. The highest BCUT2D eigenvalue weighted by Crippen LogP contribution is 2.27. The number of hydrogen-bond donors (Lipinski definition) is 0. The molecule has 0 N–H and O–H groups in total. The smallest absolute Gasteiger partial charge is 0.283 e. The van der Waals surface area contributed by atoms with Crippen molar-refractivity contribution < 1.29 is 14.4 Å². The summed E-state index contributed by atoms with van der Waals surface area (Å²) in [5.41, 5.74) is 0. The molecule has 1 saturated heterocycles. The number of halogens is 2. The van der Waals surface area contributed by atoms with Crippen LogP contribution in [-0.4, -0.2) is 30.7 Å². The predicted octanol–water partition coefficient (Wildman–Crippen LogP) is 3.04. The third kappa shape index (κ3) is 3.60. The Hall–Kier alpha value is -0.780. The van der Waals surface area contributed by atoms with Crippen LogP contribution in [0.3, 0.4) is 0 Å². The summed E-state index contributed by atoms with van der Waals surface area (Å²) in [5, 5.41) is 1.98. The van der Waals surface area contributed by atoms with Crippen molar-refractivity contribution in [2.75, 3.05) is 19.8 Å². The van der Waals surface area contributed by atoms with Crippen LogP contribution < -0.4 is 4.74 Å². The lowest BCUT2D eigenvalue weighted by molar-refractivity contribution is -0.198. The molecular weight excluding hydrogens is 321 g/mol. The standard InChI is InChI=1S/C12H13BrClNO3/c13-10-7-9(14)3-4-11(10)17-8-12(16)15-5-1-2-6-18-15/h3-4,7H,1-2,5-6,8H2. The van der Waals surface area contributed by atoms with Gasteiger partial charge in [0.2, 0.25) is 0 Å². The highest BCUT2D eigenvalue weighted by molar-refractivity contribution is 9.10. The van der Waals surface area contributed by atoms with E-state index in [1.807, 2.05) is 0 Å². The number of carbonyl (C=O) groups is 1. The zero-order valence-electron chi connectivity index (χ0n) is 9.70. The van der Waals surface area contributed by atoms with Crippen molar-refractivity contribution in [3.05, 3.63) is 27.7 Å². The number of rotatable bonds is 3. The Morgan fingerprint density at radius 2 is 2.33 bits per heavy atom. The van der Waals surface area contributed by atoms with Gasteiger partial charge in [-0.2, -0.15) is 0 Å². The lowest BCUT2D eigenvalue weighted by atomic mass is 10.3. The normalized spacial score (nSPS) is 15.6. The lowest BCUT2D eigenvalue weighted by Gasteiger charge is -2.25. The SMILES string of the molecule is O=C(COc1ccc(Cl)cc1Br)N1CCCCO1. The van der Waals surface area contributed by atoms with Gasteiger partial charge < -0.3 is 4.74 Å². The molecular formula is C12H13BrClNO3. The molecule has 0 spiro atoms. The number of hydrogen-bond acceptors (Lipinski definition) is 3. The Bertz CT molecular complexity index is 435. The van der Waals surface area contributed by atoms with E-state index in [2.05, 4.69) is 15.9 Å². The first kappa shape index (κ1) is 13.6. The van der Waals surface area contributed by atoms with Crippen molar-refractivity contribution in [2.24, 2.45) is 0 Å². The molecule has 1 aliphatic heterocycles. The van der Waals surface area contributed by atoms with Gasteiger partial charge in [0, 0.05) is 11.6 Å². The largest absolute Gasteiger partial charge is 0.482 e. The van der Waals surface area contributed by atoms with E-state index in [1.54, 1.807) is 18.2 Å². The Morgan fingerprint density at radius 3 is 3.00 bits per heavy atom. The minimum Gasteiger partial charge on any atom is -0.482 e. The molecule has 0 radical (unpaired) electrons.